The molecular formula is C35H42N4O4. The van der Waals surface area contributed by atoms with Crippen LogP contribution in [0.3, 0.4) is 0 Å². The Balaban J connectivity index is 0.950. The summed E-state index contributed by atoms with van der Waals surface area (Å²) in [6, 6.07) is 21.4. The monoisotopic (exact) mass is 582 g/mol. The lowest BCUT2D eigenvalue weighted by Crippen LogP contribution is -2.30. The number of aromatic nitrogens is 1. The van der Waals surface area contributed by atoms with E-state index in [1.54, 1.807) is 6.20 Å². The predicted molar refractivity (Wildman–Crippen MR) is 166 cm³/mol. The number of likely N-dealkylation sites (tertiary alicyclic amines) is 1. The van der Waals surface area contributed by atoms with Gasteiger partial charge in [0.1, 0.15) is 12.4 Å². The zero-order chi connectivity index (χ0) is 29.9. The summed E-state index contributed by atoms with van der Waals surface area (Å²) in [5.74, 6) is 2.19. The number of fused-ring (bicyclic) bond motifs is 1. The number of nitrogens with zero attached hydrogens (tertiary/aromatic N) is 2. The minimum absolute atomic E-state index is 0.0496. The van der Waals surface area contributed by atoms with Crippen molar-refractivity contribution < 1.29 is 19.1 Å². The molecular weight excluding hydrogens is 540 g/mol. The van der Waals surface area contributed by atoms with Crippen molar-refractivity contribution in [3.63, 3.8) is 0 Å². The molecule has 1 aliphatic heterocycles. The van der Waals surface area contributed by atoms with E-state index in [1.807, 2.05) is 71.6 Å². The Kier molecular flexibility index (Phi) is 10.8. The first kappa shape index (κ1) is 30.3. The molecule has 2 atom stereocenters. The van der Waals surface area contributed by atoms with Crippen molar-refractivity contribution in [2.75, 3.05) is 26.2 Å². The van der Waals surface area contributed by atoms with Crippen molar-refractivity contribution in [2.45, 2.75) is 57.9 Å². The summed E-state index contributed by atoms with van der Waals surface area (Å²) in [4.78, 5) is 43.6. The zero-order valence-electron chi connectivity index (χ0n) is 24.8. The van der Waals surface area contributed by atoms with Gasteiger partial charge < -0.3 is 20.3 Å². The molecule has 2 fully saturated rings. The van der Waals surface area contributed by atoms with E-state index in [2.05, 4.69) is 15.6 Å². The molecule has 3 aromatic rings. The fourth-order valence-electron chi connectivity index (χ4n) is 6.08. The van der Waals surface area contributed by atoms with Gasteiger partial charge in [0.05, 0.1) is 13.0 Å². The van der Waals surface area contributed by atoms with Crippen LogP contribution in [-0.4, -0.2) is 53.8 Å². The van der Waals surface area contributed by atoms with E-state index in [1.165, 1.54) is 25.7 Å². The van der Waals surface area contributed by atoms with E-state index in [0.29, 0.717) is 56.5 Å². The topological polar surface area (TPSA) is 101 Å². The van der Waals surface area contributed by atoms with Gasteiger partial charge in [-0.05, 0) is 60.4 Å². The summed E-state index contributed by atoms with van der Waals surface area (Å²) in [6.07, 6.45) is 8.49. The smallest absolute Gasteiger partial charge is 0.226 e. The van der Waals surface area contributed by atoms with Crippen LogP contribution >= 0.6 is 0 Å². The van der Waals surface area contributed by atoms with Gasteiger partial charge in [0, 0.05) is 49.9 Å². The van der Waals surface area contributed by atoms with Gasteiger partial charge >= 0.3 is 0 Å². The van der Waals surface area contributed by atoms with Crippen LogP contribution in [0.25, 0.3) is 11.1 Å². The Morgan fingerprint density at radius 3 is 2.23 bits per heavy atom. The molecule has 1 aromatic heterocycles. The highest BCUT2D eigenvalue weighted by atomic mass is 16.5. The van der Waals surface area contributed by atoms with Crippen LogP contribution in [-0.2, 0) is 27.3 Å². The Bertz CT molecular complexity index is 1330. The molecule has 2 unspecified atom stereocenters. The number of nitrogens with one attached hydrogen (secondary N) is 2. The summed E-state index contributed by atoms with van der Waals surface area (Å²) in [5.41, 5.74) is 3.72. The van der Waals surface area contributed by atoms with Crippen molar-refractivity contribution in [3.05, 3.63) is 84.2 Å². The molecule has 1 saturated carbocycles. The maximum Gasteiger partial charge on any atom is 0.226 e. The molecule has 2 aromatic carbocycles. The molecule has 2 heterocycles. The number of pyridine rings is 1. The molecule has 3 amide bonds. The van der Waals surface area contributed by atoms with E-state index in [0.717, 1.165) is 35.5 Å². The van der Waals surface area contributed by atoms with Crippen LogP contribution in [0.5, 0.6) is 5.75 Å². The number of rotatable bonds is 13. The van der Waals surface area contributed by atoms with Gasteiger partial charge in [-0.1, -0.05) is 61.4 Å². The van der Waals surface area contributed by atoms with Crippen LogP contribution in [0.2, 0.25) is 0 Å². The van der Waals surface area contributed by atoms with Gasteiger partial charge in [0.15, 0.2) is 0 Å². The third kappa shape index (κ3) is 9.14. The molecule has 1 aliphatic carbocycles. The van der Waals surface area contributed by atoms with Gasteiger partial charge in [-0.25, -0.2) is 0 Å². The fourth-order valence-corrected chi connectivity index (χ4v) is 6.08. The van der Waals surface area contributed by atoms with Crippen LogP contribution in [0.15, 0.2) is 72.9 Å². The third-order valence-corrected chi connectivity index (χ3v) is 8.50. The predicted octanol–water partition coefficient (Wildman–Crippen LogP) is 4.92. The summed E-state index contributed by atoms with van der Waals surface area (Å²) in [7, 11) is 0. The van der Waals surface area contributed by atoms with Crippen LogP contribution < -0.4 is 15.4 Å². The standard InChI is InChI=1S/C35H42N4O4/c40-33(11-6-12-35(42)39-24-29-9-4-5-10-30(29)25-39)36-19-20-43-32-17-14-27(15-18-32)28-13-16-31(37-23-28)21-34(41)38-22-26-7-2-1-3-8-26/h1-3,7-8,13-18,23,29-30H,4-6,9-12,19-22,24-25H2,(H,36,40)(H,38,41). The highest BCUT2D eigenvalue weighted by molar-refractivity contribution is 5.79. The number of hydrogen-bond donors (Lipinski definition) is 2. The molecule has 0 spiro atoms. The van der Waals surface area contributed by atoms with Crippen molar-refractivity contribution in [3.8, 4) is 16.9 Å². The third-order valence-electron chi connectivity index (χ3n) is 8.50. The van der Waals surface area contributed by atoms with Crippen molar-refractivity contribution in [1.82, 2.24) is 20.5 Å². The number of ether oxygens (including phenoxy) is 1. The SMILES string of the molecule is O=C(CCCC(=O)N1CC2CCCCC2C1)NCCOc1ccc(-c2ccc(CC(=O)NCc3ccccc3)nc2)cc1. The van der Waals surface area contributed by atoms with Gasteiger partial charge in [0.2, 0.25) is 17.7 Å². The first-order valence-electron chi connectivity index (χ1n) is 15.6. The van der Waals surface area contributed by atoms with E-state index in [4.69, 9.17) is 4.74 Å². The van der Waals surface area contributed by atoms with E-state index >= 15 is 0 Å². The number of carbonyl (C=O) groups is 3. The molecule has 8 heteroatoms. The molecule has 0 radical (unpaired) electrons. The van der Waals surface area contributed by atoms with Crippen molar-refractivity contribution in [2.24, 2.45) is 11.8 Å². The minimum Gasteiger partial charge on any atom is -0.492 e. The number of carbonyl (C=O) groups excluding carboxylic acids is 3. The number of benzene rings is 2. The maximum atomic E-state index is 12.6. The van der Waals surface area contributed by atoms with Crippen molar-refractivity contribution in [1.29, 1.82) is 0 Å². The maximum absolute atomic E-state index is 12.6. The Labute approximate surface area is 254 Å². The first-order valence-corrected chi connectivity index (χ1v) is 15.6. The summed E-state index contributed by atoms with van der Waals surface area (Å²) < 4.78 is 5.79. The van der Waals surface area contributed by atoms with Gasteiger partial charge in [0.25, 0.3) is 0 Å². The van der Waals surface area contributed by atoms with Crippen LogP contribution in [0, 0.1) is 11.8 Å². The van der Waals surface area contributed by atoms with Gasteiger partial charge in [-0.2, -0.15) is 0 Å². The largest absolute Gasteiger partial charge is 0.492 e. The van der Waals surface area contributed by atoms with E-state index < -0.39 is 0 Å². The van der Waals surface area contributed by atoms with Gasteiger partial charge in [-0.3, -0.25) is 19.4 Å². The molecule has 2 N–H and O–H groups in total. The second kappa shape index (κ2) is 15.3. The highest BCUT2D eigenvalue weighted by Crippen LogP contribution is 2.36. The molecule has 1 saturated heterocycles. The van der Waals surface area contributed by atoms with E-state index in [-0.39, 0.29) is 24.1 Å². The summed E-state index contributed by atoms with van der Waals surface area (Å²) >= 11 is 0. The normalized spacial score (nSPS) is 17.6. The molecule has 8 nitrogen and oxygen atoms in total. The molecule has 226 valence electrons. The molecule has 43 heavy (non-hydrogen) atoms. The van der Waals surface area contributed by atoms with Gasteiger partial charge in [-0.15, -0.1) is 0 Å². The lowest BCUT2D eigenvalue weighted by molar-refractivity contribution is -0.130. The number of amides is 3. The lowest BCUT2D eigenvalue weighted by Gasteiger charge is -2.22. The van der Waals surface area contributed by atoms with E-state index in [9.17, 15) is 14.4 Å². The average molecular weight is 583 g/mol. The van der Waals surface area contributed by atoms with Crippen molar-refractivity contribution >= 4 is 17.7 Å². The minimum atomic E-state index is -0.0635. The first-order chi connectivity index (χ1) is 21.0. The quantitative estimate of drug-likeness (QED) is 0.279. The molecule has 2 aliphatic rings. The Hall–Kier alpha value is -4.20. The lowest BCUT2D eigenvalue weighted by atomic mass is 9.82. The Morgan fingerprint density at radius 2 is 1.53 bits per heavy atom. The number of hydrogen-bond acceptors (Lipinski definition) is 5. The fraction of sp³-hybridized carbons (Fsp3) is 0.429. The summed E-state index contributed by atoms with van der Waals surface area (Å²) in [6.45, 7) is 3.10. The Morgan fingerprint density at radius 1 is 0.814 bits per heavy atom. The second-order valence-corrected chi connectivity index (χ2v) is 11.7. The summed E-state index contributed by atoms with van der Waals surface area (Å²) in [5, 5.41) is 5.81. The average Bonchev–Trinajstić information content (AvgIpc) is 3.48. The highest BCUT2D eigenvalue weighted by Gasteiger charge is 2.36. The second-order valence-electron chi connectivity index (χ2n) is 11.7. The molecule has 0 bridgehead atoms. The van der Waals surface area contributed by atoms with Crippen LogP contribution in [0.4, 0.5) is 0 Å². The van der Waals surface area contributed by atoms with Crippen LogP contribution in [0.1, 0.15) is 56.2 Å². The molecule has 5 rings (SSSR count). The zero-order valence-corrected chi connectivity index (χ0v) is 24.8.